The average molecular weight is 205 g/mol. The third-order valence-corrected chi connectivity index (χ3v) is 2.77. The number of aromatic hydroxyl groups is 1. The van der Waals surface area contributed by atoms with Gasteiger partial charge in [0, 0.05) is 18.2 Å². The SMILES string of the molecule is C=CCN[C@H](C)c1ccc(C)c(C)c1O. The van der Waals surface area contributed by atoms with Gasteiger partial charge in [-0.1, -0.05) is 18.2 Å². The van der Waals surface area contributed by atoms with E-state index in [1.807, 2.05) is 39.0 Å². The summed E-state index contributed by atoms with van der Waals surface area (Å²) in [5, 5.41) is 13.2. The first kappa shape index (κ1) is 11.8. The van der Waals surface area contributed by atoms with Crippen molar-refractivity contribution in [2.45, 2.75) is 26.8 Å². The summed E-state index contributed by atoms with van der Waals surface area (Å²) in [6.45, 7) is 10.4. The number of rotatable bonds is 4. The van der Waals surface area contributed by atoms with Gasteiger partial charge in [0.2, 0.25) is 0 Å². The zero-order valence-electron chi connectivity index (χ0n) is 9.67. The Labute approximate surface area is 91.6 Å². The van der Waals surface area contributed by atoms with E-state index in [0.29, 0.717) is 5.75 Å². The third kappa shape index (κ3) is 2.60. The maximum atomic E-state index is 9.98. The van der Waals surface area contributed by atoms with Gasteiger partial charge in [-0.25, -0.2) is 0 Å². The molecule has 0 saturated carbocycles. The van der Waals surface area contributed by atoms with Crippen molar-refractivity contribution in [1.29, 1.82) is 0 Å². The van der Waals surface area contributed by atoms with Crippen molar-refractivity contribution < 1.29 is 5.11 Å². The largest absolute Gasteiger partial charge is 0.507 e. The molecule has 1 rings (SSSR count). The Balaban J connectivity index is 2.94. The van der Waals surface area contributed by atoms with E-state index in [0.717, 1.165) is 23.2 Å². The summed E-state index contributed by atoms with van der Waals surface area (Å²) in [6, 6.07) is 4.15. The minimum atomic E-state index is 0.141. The highest BCUT2D eigenvalue weighted by molar-refractivity contribution is 5.45. The van der Waals surface area contributed by atoms with Crippen molar-refractivity contribution >= 4 is 0 Å². The second kappa shape index (κ2) is 4.99. The van der Waals surface area contributed by atoms with E-state index in [2.05, 4.69) is 11.9 Å². The van der Waals surface area contributed by atoms with Crippen LogP contribution in [0.2, 0.25) is 0 Å². The topological polar surface area (TPSA) is 32.3 Å². The molecule has 0 aliphatic carbocycles. The molecule has 2 heteroatoms. The van der Waals surface area contributed by atoms with Crippen molar-refractivity contribution in [2.75, 3.05) is 6.54 Å². The first-order valence-electron chi connectivity index (χ1n) is 5.21. The number of nitrogens with one attached hydrogen (secondary N) is 1. The number of phenolic OH excluding ortho intramolecular Hbond substituents is 1. The van der Waals surface area contributed by atoms with Crippen LogP contribution in [0.3, 0.4) is 0 Å². The van der Waals surface area contributed by atoms with E-state index in [-0.39, 0.29) is 6.04 Å². The van der Waals surface area contributed by atoms with E-state index < -0.39 is 0 Å². The molecule has 0 saturated heterocycles. The maximum absolute atomic E-state index is 9.98. The first-order chi connectivity index (χ1) is 7.07. The Morgan fingerprint density at radius 1 is 1.47 bits per heavy atom. The lowest BCUT2D eigenvalue weighted by Gasteiger charge is -2.16. The van der Waals surface area contributed by atoms with Crippen LogP contribution in [0.15, 0.2) is 24.8 Å². The summed E-state index contributed by atoms with van der Waals surface area (Å²) in [5.41, 5.74) is 3.02. The van der Waals surface area contributed by atoms with E-state index in [1.54, 1.807) is 0 Å². The van der Waals surface area contributed by atoms with Gasteiger partial charge in [-0.05, 0) is 31.9 Å². The first-order valence-corrected chi connectivity index (χ1v) is 5.21. The monoisotopic (exact) mass is 205 g/mol. The number of aryl methyl sites for hydroxylation is 1. The van der Waals surface area contributed by atoms with E-state index in [1.165, 1.54) is 0 Å². The Morgan fingerprint density at radius 2 is 2.13 bits per heavy atom. The van der Waals surface area contributed by atoms with Gasteiger partial charge in [-0.3, -0.25) is 0 Å². The van der Waals surface area contributed by atoms with Crippen molar-refractivity contribution in [1.82, 2.24) is 5.32 Å². The third-order valence-electron chi connectivity index (χ3n) is 2.77. The molecule has 1 aromatic carbocycles. The molecule has 0 aliphatic heterocycles. The average Bonchev–Trinajstić information content (AvgIpc) is 2.23. The summed E-state index contributed by atoms with van der Waals surface area (Å²) in [7, 11) is 0. The van der Waals surface area contributed by atoms with E-state index >= 15 is 0 Å². The molecule has 0 amide bonds. The molecule has 0 bridgehead atoms. The summed E-state index contributed by atoms with van der Waals surface area (Å²) in [5.74, 6) is 0.402. The van der Waals surface area contributed by atoms with Gasteiger partial charge >= 0.3 is 0 Å². The van der Waals surface area contributed by atoms with Crippen molar-refractivity contribution in [3.05, 3.63) is 41.5 Å². The molecule has 0 heterocycles. The molecule has 0 aromatic heterocycles. The highest BCUT2D eigenvalue weighted by atomic mass is 16.3. The van der Waals surface area contributed by atoms with Crippen LogP contribution in [0, 0.1) is 13.8 Å². The zero-order chi connectivity index (χ0) is 11.4. The standard InChI is InChI=1S/C13H19NO/c1-5-8-14-11(4)12-7-6-9(2)10(3)13(12)15/h5-7,11,14-15H,1,8H2,2-4H3/t11-/m1/s1. The van der Waals surface area contributed by atoms with Crippen LogP contribution >= 0.6 is 0 Å². The molecule has 0 unspecified atom stereocenters. The molecule has 0 aliphatic rings. The Morgan fingerprint density at radius 3 is 2.73 bits per heavy atom. The maximum Gasteiger partial charge on any atom is 0.123 e. The highest BCUT2D eigenvalue weighted by Crippen LogP contribution is 2.29. The van der Waals surface area contributed by atoms with E-state index in [9.17, 15) is 5.11 Å². The molecule has 2 nitrogen and oxygen atoms in total. The molecule has 0 fully saturated rings. The van der Waals surface area contributed by atoms with Crippen LogP contribution < -0.4 is 5.32 Å². The molecule has 15 heavy (non-hydrogen) atoms. The zero-order valence-corrected chi connectivity index (χ0v) is 9.67. The van der Waals surface area contributed by atoms with Gasteiger partial charge < -0.3 is 10.4 Å². The fraction of sp³-hybridized carbons (Fsp3) is 0.385. The molecule has 0 spiro atoms. The minimum absolute atomic E-state index is 0.141. The molecular weight excluding hydrogens is 186 g/mol. The quantitative estimate of drug-likeness (QED) is 0.741. The van der Waals surface area contributed by atoms with Crippen molar-refractivity contribution in [3.8, 4) is 5.75 Å². The highest BCUT2D eigenvalue weighted by Gasteiger charge is 2.11. The Bertz CT molecular complexity index is 358. The minimum Gasteiger partial charge on any atom is -0.507 e. The van der Waals surface area contributed by atoms with Gasteiger partial charge in [-0.15, -0.1) is 6.58 Å². The van der Waals surface area contributed by atoms with Crippen LogP contribution in [0.1, 0.15) is 29.7 Å². The predicted octanol–water partition coefficient (Wildman–Crippen LogP) is 2.85. The van der Waals surface area contributed by atoms with Crippen LogP contribution in [-0.2, 0) is 0 Å². The molecule has 2 N–H and O–H groups in total. The molecular formula is C13H19NO. The van der Waals surface area contributed by atoms with E-state index in [4.69, 9.17) is 0 Å². The number of hydrogen-bond donors (Lipinski definition) is 2. The second-order valence-electron chi connectivity index (χ2n) is 3.86. The fourth-order valence-electron chi connectivity index (χ4n) is 1.54. The Kier molecular flexibility index (Phi) is 3.92. The summed E-state index contributed by atoms with van der Waals surface area (Å²) >= 11 is 0. The molecule has 82 valence electrons. The van der Waals surface area contributed by atoms with Crippen LogP contribution in [0.25, 0.3) is 0 Å². The molecule has 0 radical (unpaired) electrons. The summed E-state index contributed by atoms with van der Waals surface area (Å²) < 4.78 is 0. The van der Waals surface area contributed by atoms with Gasteiger partial charge in [0.25, 0.3) is 0 Å². The van der Waals surface area contributed by atoms with Gasteiger partial charge in [0.05, 0.1) is 0 Å². The van der Waals surface area contributed by atoms with Gasteiger partial charge in [-0.2, -0.15) is 0 Å². The van der Waals surface area contributed by atoms with Crippen molar-refractivity contribution in [3.63, 3.8) is 0 Å². The molecule has 1 aromatic rings. The van der Waals surface area contributed by atoms with Crippen LogP contribution in [-0.4, -0.2) is 11.7 Å². The van der Waals surface area contributed by atoms with Crippen LogP contribution in [0.4, 0.5) is 0 Å². The fourth-order valence-corrected chi connectivity index (χ4v) is 1.54. The van der Waals surface area contributed by atoms with Crippen molar-refractivity contribution in [2.24, 2.45) is 0 Å². The summed E-state index contributed by atoms with van der Waals surface area (Å²) in [6.07, 6.45) is 1.81. The second-order valence-corrected chi connectivity index (χ2v) is 3.86. The lowest BCUT2D eigenvalue weighted by molar-refractivity contribution is 0.451. The normalized spacial score (nSPS) is 12.5. The van der Waals surface area contributed by atoms with Crippen LogP contribution in [0.5, 0.6) is 5.75 Å². The smallest absolute Gasteiger partial charge is 0.123 e. The lowest BCUT2D eigenvalue weighted by Crippen LogP contribution is -2.18. The summed E-state index contributed by atoms with van der Waals surface area (Å²) in [4.78, 5) is 0. The lowest BCUT2D eigenvalue weighted by atomic mass is 10.00. The molecule has 1 atom stereocenters. The number of benzene rings is 1. The number of hydrogen-bond acceptors (Lipinski definition) is 2. The predicted molar refractivity (Wildman–Crippen MR) is 64.2 cm³/mol. The van der Waals surface area contributed by atoms with Gasteiger partial charge in [0.15, 0.2) is 0 Å². The Hall–Kier alpha value is -1.28. The number of phenols is 1. The van der Waals surface area contributed by atoms with Gasteiger partial charge in [0.1, 0.15) is 5.75 Å².